The van der Waals surface area contributed by atoms with Crippen LogP contribution in [0.25, 0.3) is 0 Å². The number of carboxylic acids is 1. The van der Waals surface area contributed by atoms with E-state index >= 15 is 0 Å². The normalized spacial score (nSPS) is 9.95. The fourth-order valence-corrected chi connectivity index (χ4v) is 1.76. The predicted molar refractivity (Wildman–Crippen MR) is 73.4 cm³/mol. The van der Waals surface area contributed by atoms with Crippen LogP contribution < -0.4 is 5.32 Å². The molecule has 0 atom stereocenters. The summed E-state index contributed by atoms with van der Waals surface area (Å²) in [5.41, 5.74) is 0.256. The van der Waals surface area contributed by atoms with Crippen LogP contribution in [0.15, 0.2) is 36.7 Å². The molecule has 1 aromatic carbocycles. The molecule has 0 fully saturated rings. The summed E-state index contributed by atoms with van der Waals surface area (Å²) in [4.78, 5) is 34.7. The summed E-state index contributed by atoms with van der Waals surface area (Å²) in [5, 5.41) is 18.5. The van der Waals surface area contributed by atoms with E-state index in [0.717, 1.165) is 12.4 Å². The lowest BCUT2D eigenvalue weighted by molar-refractivity contribution is 0.0691. The van der Waals surface area contributed by atoms with Crippen molar-refractivity contribution in [2.75, 3.05) is 5.32 Å². The zero-order valence-corrected chi connectivity index (χ0v) is 11.0. The van der Waals surface area contributed by atoms with E-state index in [9.17, 15) is 14.4 Å². The van der Waals surface area contributed by atoms with E-state index in [1.807, 2.05) is 0 Å². The first kappa shape index (κ1) is 14.3. The van der Waals surface area contributed by atoms with Gasteiger partial charge in [0.1, 0.15) is 0 Å². The van der Waals surface area contributed by atoms with Gasteiger partial charge in [0.05, 0.1) is 29.2 Å². The van der Waals surface area contributed by atoms with Gasteiger partial charge in [0, 0.05) is 5.56 Å². The van der Waals surface area contributed by atoms with Crippen LogP contribution in [0.3, 0.4) is 0 Å². The monoisotopic (exact) mass is 285 g/mol. The summed E-state index contributed by atoms with van der Waals surface area (Å²) >= 11 is 0. The predicted octanol–water partition coefficient (Wildman–Crippen LogP) is 1.63. The van der Waals surface area contributed by atoms with Crippen molar-refractivity contribution in [2.24, 2.45) is 0 Å². The van der Waals surface area contributed by atoms with E-state index in [4.69, 9.17) is 5.11 Å². The highest BCUT2D eigenvalue weighted by molar-refractivity contribution is 6.12. The minimum atomic E-state index is -1.28. The summed E-state index contributed by atoms with van der Waals surface area (Å²) < 4.78 is 0. The molecule has 0 aliphatic carbocycles. The summed E-state index contributed by atoms with van der Waals surface area (Å²) in [6.07, 6.45) is 2.06. The molecule has 2 N–H and O–H groups in total. The van der Waals surface area contributed by atoms with Crippen molar-refractivity contribution in [1.29, 1.82) is 0 Å². The largest absolute Gasteiger partial charge is 0.478 e. The van der Waals surface area contributed by atoms with E-state index in [1.54, 1.807) is 24.3 Å². The average Bonchev–Trinajstić information content (AvgIpc) is 2.47. The Morgan fingerprint density at radius 2 is 1.62 bits per heavy atom. The molecule has 1 amide bonds. The van der Waals surface area contributed by atoms with E-state index in [0.29, 0.717) is 11.3 Å². The zero-order chi connectivity index (χ0) is 15.4. The highest BCUT2D eigenvalue weighted by Crippen LogP contribution is 2.17. The number of anilines is 1. The van der Waals surface area contributed by atoms with Gasteiger partial charge in [0.15, 0.2) is 5.78 Å². The minimum Gasteiger partial charge on any atom is -0.478 e. The lowest BCUT2D eigenvalue weighted by Crippen LogP contribution is -2.18. The molecule has 0 aliphatic rings. The van der Waals surface area contributed by atoms with Crippen molar-refractivity contribution < 1.29 is 19.5 Å². The maximum atomic E-state index is 12.2. The van der Waals surface area contributed by atoms with Crippen LogP contribution >= 0.6 is 0 Å². The molecule has 0 spiro atoms. The molecule has 7 heteroatoms. The molecule has 21 heavy (non-hydrogen) atoms. The average molecular weight is 285 g/mol. The van der Waals surface area contributed by atoms with Crippen molar-refractivity contribution in [1.82, 2.24) is 10.2 Å². The van der Waals surface area contributed by atoms with E-state index in [2.05, 4.69) is 15.5 Å². The SMILES string of the molecule is CC(=O)c1ccccc1NC(=O)c1cnncc1C(=O)O. The number of hydrogen-bond acceptors (Lipinski definition) is 5. The Morgan fingerprint density at radius 1 is 1.00 bits per heavy atom. The van der Waals surface area contributed by atoms with Crippen LogP contribution in [-0.4, -0.2) is 33.0 Å². The summed E-state index contributed by atoms with van der Waals surface area (Å²) in [7, 11) is 0. The first-order valence-corrected chi connectivity index (χ1v) is 5.96. The van der Waals surface area contributed by atoms with E-state index in [-0.39, 0.29) is 16.9 Å². The molecule has 106 valence electrons. The number of carbonyl (C=O) groups excluding carboxylic acids is 2. The van der Waals surface area contributed by atoms with Gasteiger partial charge in [0.25, 0.3) is 5.91 Å². The second-order valence-electron chi connectivity index (χ2n) is 4.18. The van der Waals surface area contributed by atoms with Crippen molar-refractivity contribution in [2.45, 2.75) is 6.92 Å². The molecule has 0 saturated carbocycles. The highest BCUT2D eigenvalue weighted by atomic mass is 16.4. The van der Waals surface area contributed by atoms with Gasteiger partial charge < -0.3 is 10.4 Å². The van der Waals surface area contributed by atoms with Crippen LogP contribution in [0, 0.1) is 0 Å². The maximum Gasteiger partial charge on any atom is 0.338 e. The number of benzene rings is 1. The number of hydrogen-bond donors (Lipinski definition) is 2. The number of carbonyl (C=O) groups is 3. The topological polar surface area (TPSA) is 109 Å². The number of ketones is 1. The minimum absolute atomic E-state index is 0.129. The smallest absolute Gasteiger partial charge is 0.338 e. The quantitative estimate of drug-likeness (QED) is 0.826. The zero-order valence-electron chi connectivity index (χ0n) is 11.0. The Balaban J connectivity index is 2.36. The number of carboxylic acid groups (broad SMARTS) is 1. The van der Waals surface area contributed by atoms with Crippen LogP contribution in [0.5, 0.6) is 0 Å². The third-order valence-corrected chi connectivity index (χ3v) is 2.76. The van der Waals surface area contributed by atoms with Gasteiger partial charge in [0.2, 0.25) is 0 Å². The van der Waals surface area contributed by atoms with Gasteiger partial charge in [-0.15, -0.1) is 0 Å². The lowest BCUT2D eigenvalue weighted by atomic mass is 10.1. The van der Waals surface area contributed by atoms with Gasteiger partial charge in [-0.3, -0.25) is 9.59 Å². The Labute approximate surface area is 119 Å². The fourth-order valence-electron chi connectivity index (χ4n) is 1.76. The standard InChI is InChI=1S/C14H11N3O4/c1-8(18)9-4-2-3-5-12(9)17-13(19)10-6-15-16-7-11(10)14(20)21/h2-7H,1H3,(H,17,19)(H,20,21). The molecule has 1 aromatic heterocycles. The Hall–Kier alpha value is -3.09. The van der Waals surface area contributed by atoms with Gasteiger partial charge in [-0.2, -0.15) is 10.2 Å². The first-order chi connectivity index (χ1) is 10.0. The second-order valence-corrected chi connectivity index (χ2v) is 4.18. The fraction of sp³-hybridized carbons (Fsp3) is 0.0714. The van der Waals surface area contributed by atoms with Gasteiger partial charge in [-0.05, 0) is 19.1 Å². The third kappa shape index (κ3) is 3.08. The van der Waals surface area contributed by atoms with Crippen LogP contribution in [0.4, 0.5) is 5.69 Å². The molecule has 1 heterocycles. The number of rotatable bonds is 4. The van der Waals surface area contributed by atoms with Gasteiger partial charge in [-0.25, -0.2) is 4.79 Å². The molecule has 0 unspecified atom stereocenters. The Kier molecular flexibility index (Phi) is 4.03. The third-order valence-electron chi connectivity index (χ3n) is 2.76. The van der Waals surface area contributed by atoms with Crippen molar-refractivity contribution >= 4 is 23.3 Å². The Bertz CT molecular complexity index is 728. The summed E-state index contributed by atoms with van der Waals surface area (Å²) in [6.45, 7) is 1.38. The number of aromatic nitrogens is 2. The molecular formula is C14H11N3O4. The maximum absolute atomic E-state index is 12.2. The van der Waals surface area contributed by atoms with Crippen molar-refractivity contribution in [3.63, 3.8) is 0 Å². The molecule has 2 aromatic rings. The molecule has 2 rings (SSSR count). The number of para-hydroxylation sites is 1. The van der Waals surface area contributed by atoms with E-state index in [1.165, 1.54) is 6.92 Å². The molecule has 7 nitrogen and oxygen atoms in total. The van der Waals surface area contributed by atoms with Crippen LogP contribution in [0.1, 0.15) is 38.0 Å². The molecule has 0 bridgehead atoms. The first-order valence-electron chi connectivity index (χ1n) is 5.96. The van der Waals surface area contributed by atoms with Crippen LogP contribution in [0.2, 0.25) is 0 Å². The van der Waals surface area contributed by atoms with Gasteiger partial charge in [-0.1, -0.05) is 12.1 Å². The molecular weight excluding hydrogens is 274 g/mol. The number of nitrogens with one attached hydrogen (secondary N) is 1. The highest BCUT2D eigenvalue weighted by Gasteiger charge is 2.18. The number of nitrogens with zero attached hydrogens (tertiary/aromatic N) is 2. The lowest BCUT2D eigenvalue weighted by Gasteiger charge is -2.09. The van der Waals surface area contributed by atoms with Crippen molar-refractivity contribution in [3.05, 3.63) is 53.3 Å². The van der Waals surface area contributed by atoms with Gasteiger partial charge >= 0.3 is 5.97 Å². The van der Waals surface area contributed by atoms with E-state index < -0.39 is 11.9 Å². The second kappa shape index (κ2) is 5.91. The molecule has 0 aliphatic heterocycles. The number of amides is 1. The number of aromatic carboxylic acids is 1. The molecule has 0 radical (unpaired) electrons. The molecule has 0 saturated heterocycles. The number of Topliss-reactive ketones (excluding diaryl/α,β-unsaturated/α-hetero) is 1. The summed E-state index contributed by atoms with van der Waals surface area (Å²) in [5.74, 6) is -2.16. The summed E-state index contributed by atoms with van der Waals surface area (Å²) in [6, 6.07) is 6.46. The Morgan fingerprint density at radius 3 is 2.24 bits per heavy atom. The van der Waals surface area contributed by atoms with Crippen molar-refractivity contribution in [3.8, 4) is 0 Å². The van der Waals surface area contributed by atoms with Crippen LogP contribution in [-0.2, 0) is 0 Å².